The molecule has 13 nitrogen and oxygen atoms in total. The van der Waals surface area contributed by atoms with E-state index in [0.29, 0.717) is 31.5 Å². The standard InChI is InChI=1S/C47H43F2N9O4/c1-22-8-2-4-10-26(22)35-19-33(48)45-50-43(54-56(35)45)40(61)30-17-25(30)16-24-9-3-5-11-27(24)36-20-34(49)46-51-44(55-57(36)46)41(62)32-18-31(32)28-12-6-7-13-29(28)37-21-38(59)47-52-42(53-58(37)47)39(60)23-14-15-23/h2-13,23,25,30-38,59H,14-21H2,1H3/t25?,30?,31?,32?,33-,34+,35-,36-,37-,38+/m0/s1. The van der Waals surface area contributed by atoms with E-state index in [4.69, 9.17) is 0 Å². The van der Waals surface area contributed by atoms with Crippen molar-refractivity contribution in [3.8, 4) is 0 Å². The Bertz CT molecular complexity index is 2850. The first-order chi connectivity index (χ1) is 30.1. The Morgan fingerprint density at radius 2 is 1.11 bits per heavy atom. The minimum atomic E-state index is -1.41. The molecule has 3 saturated carbocycles. The molecule has 3 aliphatic heterocycles. The summed E-state index contributed by atoms with van der Waals surface area (Å²) in [5.41, 5.74) is 5.74. The number of hydrogen-bond acceptors (Lipinski definition) is 10. The van der Waals surface area contributed by atoms with Crippen molar-refractivity contribution in [1.29, 1.82) is 0 Å². The molecule has 4 unspecified atom stereocenters. The summed E-state index contributed by atoms with van der Waals surface area (Å²) in [6, 6.07) is 22.3. The Hall–Kier alpha value is -6.09. The summed E-state index contributed by atoms with van der Waals surface area (Å²) in [6.45, 7) is 1.99. The average molecular weight is 836 g/mol. The van der Waals surface area contributed by atoms with Crippen LogP contribution in [0.4, 0.5) is 8.78 Å². The van der Waals surface area contributed by atoms with Crippen LogP contribution in [0.25, 0.3) is 0 Å². The van der Waals surface area contributed by atoms with Crippen molar-refractivity contribution in [2.45, 2.75) is 101 Å². The number of hydrogen-bond donors (Lipinski definition) is 1. The van der Waals surface area contributed by atoms with Crippen molar-refractivity contribution in [2.24, 2.45) is 23.7 Å². The maximum absolute atomic E-state index is 15.8. The number of carbonyl (C=O) groups excluding carboxylic acids is 3. The lowest BCUT2D eigenvalue weighted by Gasteiger charge is -2.17. The summed E-state index contributed by atoms with van der Waals surface area (Å²) in [5, 5.41) is 24.7. The van der Waals surface area contributed by atoms with Crippen molar-refractivity contribution in [2.75, 3.05) is 0 Å². The van der Waals surface area contributed by atoms with Gasteiger partial charge in [0.05, 0.1) is 18.1 Å². The van der Waals surface area contributed by atoms with E-state index in [0.717, 1.165) is 46.2 Å². The Balaban J connectivity index is 0.745. The first-order valence-electron chi connectivity index (χ1n) is 21.8. The highest BCUT2D eigenvalue weighted by Crippen LogP contribution is 2.53. The van der Waals surface area contributed by atoms with Gasteiger partial charge in [-0.1, -0.05) is 72.8 Å². The van der Waals surface area contributed by atoms with Crippen LogP contribution in [0.1, 0.15) is 170 Å². The molecule has 6 aromatic rings. The third-order valence-electron chi connectivity index (χ3n) is 14.2. The molecule has 12 rings (SSSR count). The number of halogens is 2. The first-order valence-corrected chi connectivity index (χ1v) is 21.8. The second kappa shape index (κ2) is 14.0. The normalized spacial score (nSPS) is 29.0. The number of ketones is 3. The van der Waals surface area contributed by atoms with E-state index in [1.165, 1.54) is 0 Å². The zero-order chi connectivity index (χ0) is 42.1. The molecular formula is C47H43F2N9O4. The van der Waals surface area contributed by atoms with E-state index in [1.54, 1.807) is 14.0 Å². The lowest BCUT2D eigenvalue weighted by Crippen LogP contribution is -2.14. The van der Waals surface area contributed by atoms with Crippen molar-refractivity contribution < 1.29 is 28.3 Å². The molecular weight excluding hydrogens is 793 g/mol. The van der Waals surface area contributed by atoms with E-state index in [-0.39, 0.29) is 95.1 Å². The van der Waals surface area contributed by atoms with Crippen LogP contribution in [0.15, 0.2) is 72.8 Å². The second-order valence-corrected chi connectivity index (χ2v) is 18.2. The van der Waals surface area contributed by atoms with Gasteiger partial charge in [0.15, 0.2) is 29.8 Å². The molecule has 6 heterocycles. The number of fused-ring (bicyclic) bond motifs is 3. The van der Waals surface area contributed by atoms with E-state index in [9.17, 15) is 19.5 Å². The van der Waals surface area contributed by atoms with Gasteiger partial charge in [-0.05, 0) is 84.2 Å². The molecule has 0 amide bonds. The van der Waals surface area contributed by atoms with Crippen molar-refractivity contribution >= 4 is 17.3 Å². The van der Waals surface area contributed by atoms with E-state index in [2.05, 4.69) is 30.2 Å². The van der Waals surface area contributed by atoms with Crippen molar-refractivity contribution in [1.82, 2.24) is 44.3 Å². The molecule has 0 spiro atoms. The summed E-state index contributed by atoms with van der Waals surface area (Å²) in [6.07, 6.45) is 0.642. The van der Waals surface area contributed by atoms with Crippen molar-refractivity contribution in [3.05, 3.63) is 141 Å². The molecule has 3 aromatic carbocycles. The topological polar surface area (TPSA) is 164 Å². The number of alkyl halides is 2. The van der Waals surface area contributed by atoms with Crippen LogP contribution < -0.4 is 0 Å². The molecule has 15 heteroatoms. The minimum Gasteiger partial charge on any atom is -0.385 e. The number of benzene rings is 3. The van der Waals surface area contributed by atoms with Gasteiger partial charge in [0.25, 0.3) is 0 Å². The molecule has 1 N–H and O–H groups in total. The fourth-order valence-corrected chi connectivity index (χ4v) is 10.6. The lowest BCUT2D eigenvalue weighted by atomic mass is 9.94. The van der Waals surface area contributed by atoms with Gasteiger partial charge in [0, 0.05) is 37.0 Å². The Morgan fingerprint density at radius 1 is 0.597 bits per heavy atom. The summed E-state index contributed by atoms with van der Waals surface area (Å²) >= 11 is 0. The molecule has 0 bridgehead atoms. The number of rotatable bonds is 12. The Kier molecular flexibility index (Phi) is 8.48. The van der Waals surface area contributed by atoms with Gasteiger partial charge in [-0.15, -0.1) is 15.3 Å². The highest BCUT2D eigenvalue weighted by molar-refractivity contribution is 5.98. The Morgan fingerprint density at radius 3 is 1.77 bits per heavy atom. The largest absolute Gasteiger partial charge is 0.385 e. The highest BCUT2D eigenvalue weighted by Gasteiger charge is 2.50. The highest BCUT2D eigenvalue weighted by atomic mass is 19.1. The third-order valence-corrected chi connectivity index (χ3v) is 14.2. The maximum atomic E-state index is 15.8. The van der Waals surface area contributed by atoms with Gasteiger partial charge in [-0.25, -0.2) is 37.8 Å². The number of aliphatic hydroxyl groups excluding tert-OH is 1. The number of aryl methyl sites for hydroxylation is 1. The quantitative estimate of drug-likeness (QED) is 0.123. The minimum absolute atomic E-state index is 0.000365. The van der Waals surface area contributed by atoms with Gasteiger partial charge >= 0.3 is 0 Å². The van der Waals surface area contributed by atoms with Crippen LogP contribution in [0, 0.1) is 30.6 Å². The molecule has 3 fully saturated rings. The van der Waals surface area contributed by atoms with Crippen LogP contribution in [0.3, 0.4) is 0 Å². The van der Waals surface area contributed by atoms with Crippen LogP contribution in [-0.4, -0.2) is 66.7 Å². The van der Waals surface area contributed by atoms with Gasteiger partial charge in [0.1, 0.15) is 6.10 Å². The van der Waals surface area contributed by atoms with Crippen LogP contribution in [-0.2, 0) is 6.42 Å². The Labute approximate surface area is 354 Å². The smallest absolute Gasteiger partial charge is 0.217 e. The van der Waals surface area contributed by atoms with Crippen LogP contribution >= 0.6 is 0 Å². The SMILES string of the molecule is Cc1ccccc1[C@@H]1C[C@H](F)c2nc(C(=O)C3CC3Cc3ccccc3[C@@H]3C[C@@H](F)c4nc(C(=O)C5CC5c5ccccc5[C@@H]5C[C@@H](O)c6nc(C(=O)C7CC7)nn65)nn43)nn21. The third kappa shape index (κ3) is 6.05. The lowest BCUT2D eigenvalue weighted by molar-refractivity contribution is 0.0944. The molecule has 0 saturated heterocycles. The summed E-state index contributed by atoms with van der Waals surface area (Å²) in [7, 11) is 0. The summed E-state index contributed by atoms with van der Waals surface area (Å²) in [4.78, 5) is 53.9. The predicted molar refractivity (Wildman–Crippen MR) is 217 cm³/mol. The van der Waals surface area contributed by atoms with E-state index < -0.39 is 30.4 Å². The van der Waals surface area contributed by atoms with Crippen molar-refractivity contribution in [3.63, 3.8) is 0 Å². The van der Waals surface area contributed by atoms with Gasteiger partial charge in [-0.3, -0.25) is 14.4 Å². The molecule has 10 atom stereocenters. The zero-order valence-corrected chi connectivity index (χ0v) is 33.9. The predicted octanol–water partition coefficient (Wildman–Crippen LogP) is 7.44. The van der Waals surface area contributed by atoms with E-state index in [1.807, 2.05) is 79.7 Å². The second-order valence-electron chi connectivity index (χ2n) is 18.2. The fraction of sp³-hybridized carbons (Fsp3) is 0.426. The molecule has 0 radical (unpaired) electrons. The molecule has 6 aliphatic rings. The van der Waals surface area contributed by atoms with Gasteiger partial charge in [-0.2, -0.15) is 0 Å². The number of nitrogens with zero attached hydrogens (tertiary/aromatic N) is 9. The number of carbonyl (C=O) groups is 3. The van der Waals surface area contributed by atoms with Gasteiger partial charge in [0.2, 0.25) is 34.8 Å². The molecule has 62 heavy (non-hydrogen) atoms. The molecule has 314 valence electrons. The molecule has 3 aromatic heterocycles. The summed E-state index contributed by atoms with van der Waals surface area (Å²) < 4.78 is 35.8. The van der Waals surface area contributed by atoms with E-state index >= 15 is 8.78 Å². The van der Waals surface area contributed by atoms with Crippen LogP contribution in [0.5, 0.6) is 0 Å². The average Bonchev–Trinajstić information content (AvgIpc) is 4.20. The summed E-state index contributed by atoms with van der Waals surface area (Å²) in [5.74, 6) is -0.404. The van der Waals surface area contributed by atoms with Crippen LogP contribution in [0.2, 0.25) is 0 Å². The number of aromatic nitrogens is 9. The van der Waals surface area contributed by atoms with Gasteiger partial charge < -0.3 is 5.11 Å². The monoisotopic (exact) mass is 835 g/mol. The zero-order valence-electron chi connectivity index (χ0n) is 33.9. The number of Topliss-reactive ketones (excluding diaryl/α,β-unsaturated/α-hetero) is 3. The number of aliphatic hydroxyl groups is 1. The first kappa shape index (κ1) is 37.7. The molecule has 3 aliphatic carbocycles. The fourth-order valence-electron chi connectivity index (χ4n) is 10.6. The maximum Gasteiger partial charge on any atom is 0.217 e.